The highest BCUT2D eigenvalue weighted by atomic mass is 16.4. The van der Waals surface area contributed by atoms with Crippen LogP contribution in [0.3, 0.4) is 0 Å². The molecule has 4 nitrogen and oxygen atoms in total. The molecule has 0 spiro atoms. The lowest BCUT2D eigenvalue weighted by Crippen LogP contribution is -2.40. The van der Waals surface area contributed by atoms with E-state index in [0.29, 0.717) is 12.8 Å². The number of carboxylic acid groups (broad SMARTS) is 1. The highest BCUT2D eigenvalue weighted by molar-refractivity contribution is 5.85. The van der Waals surface area contributed by atoms with Gasteiger partial charge in [-0.1, -0.05) is 39.0 Å². The summed E-state index contributed by atoms with van der Waals surface area (Å²) in [4.78, 5) is 23.6. The lowest BCUT2D eigenvalue weighted by molar-refractivity contribution is -0.153. The number of rotatable bonds is 6. The van der Waals surface area contributed by atoms with Gasteiger partial charge >= 0.3 is 5.97 Å². The maximum atomic E-state index is 12.0. The predicted molar refractivity (Wildman–Crippen MR) is 74.9 cm³/mol. The van der Waals surface area contributed by atoms with Crippen molar-refractivity contribution in [3.63, 3.8) is 0 Å². The van der Waals surface area contributed by atoms with Crippen molar-refractivity contribution in [3.05, 3.63) is 0 Å². The summed E-state index contributed by atoms with van der Waals surface area (Å²) in [6.07, 6.45) is 7.38. The van der Waals surface area contributed by atoms with Gasteiger partial charge in [0, 0.05) is 12.5 Å². The van der Waals surface area contributed by atoms with Crippen LogP contribution in [0.5, 0.6) is 0 Å². The van der Waals surface area contributed by atoms with E-state index in [1.807, 2.05) is 6.92 Å². The number of carbonyl (C=O) groups is 2. The third kappa shape index (κ3) is 4.84. The fourth-order valence-electron chi connectivity index (χ4n) is 3.01. The minimum Gasteiger partial charge on any atom is -0.481 e. The molecule has 1 amide bonds. The van der Waals surface area contributed by atoms with Gasteiger partial charge in [0.2, 0.25) is 5.91 Å². The van der Waals surface area contributed by atoms with E-state index in [9.17, 15) is 14.7 Å². The van der Waals surface area contributed by atoms with Crippen LogP contribution in [0.15, 0.2) is 0 Å². The summed E-state index contributed by atoms with van der Waals surface area (Å²) >= 11 is 0. The molecular formula is C15H27NO3. The van der Waals surface area contributed by atoms with Gasteiger partial charge in [0.15, 0.2) is 0 Å². The molecule has 2 N–H and O–H groups in total. The Kier molecular flexibility index (Phi) is 6.32. The van der Waals surface area contributed by atoms with Crippen LogP contribution in [0, 0.1) is 5.41 Å². The molecule has 1 saturated carbocycles. The van der Waals surface area contributed by atoms with E-state index in [1.165, 1.54) is 0 Å². The minimum atomic E-state index is -0.827. The zero-order valence-corrected chi connectivity index (χ0v) is 12.2. The first kappa shape index (κ1) is 16.0. The monoisotopic (exact) mass is 269 g/mol. The Hall–Kier alpha value is -1.06. The van der Waals surface area contributed by atoms with Crippen molar-refractivity contribution < 1.29 is 14.7 Å². The number of amides is 1. The van der Waals surface area contributed by atoms with Crippen LogP contribution in [0.1, 0.15) is 71.6 Å². The van der Waals surface area contributed by atoms with Crippen LogP contribution in [0.25, 0.3) is 0 Å². The molecule has 1 fully saturated rings. The van der Waals surface area contributed by atoms with Crippen LogP contribution in [0.4, 0.5) is 0 Å². The van der Waals surface area contributed by atoms with Gasteiger partial charge in [-0.25, -0.2) is 0 Å². The Balaban J connectivity index is 2.62. The summed E-state index contributed by atoms with van der Waals surface area (Å²) in [6, 6.07) is 0.133. The molecule has 0 aromatic rings. The molecule has 1 unspecified atom stereocenters. The quantitative estimate of drug-likeness (QED) is 0.728. The number of nitrogens with one attached hydrogen (secondary N) is 1. The van der Waals surface area contributed by atoms with E-state index in [-0.39, 0.29) is 18.4 Å². The molecule has 4 heteroatoms. The number of carbonyl (C=O) groups excluding carboxylic acids is 1. The maximum Gasteiger partial charge on any atom is 0.310 e. The first-order valence-corrected chi connectivity index (χ1v) is 7.53. The topological polar surface area (TPSA) is 66.4 Å². The highest BCUT2D eigenvalue weighted by Gasteiger charge is 2.40. The summed E-state index contributed by atoms with van der Waals surface area (Å²) < 4.78 is 0. The molecule has 19 heavy (non-hydrogen) atoms. The third-order valence-corrected chi connectivity index (χ3v) is 4.14. The van der Waals surface area contributed by atoms with Crippen LogP contribution in [0.2, 0.25) is 0 Å². The number of aliphatic carboxylic acids is 1. The van der Waals surface area contributed by atoms with Crippen molar-refractivity contribution >= 4 is 11.9 Å². The fraction of sp³-hybridized carbons (Fsp3) is 0.867. The Morgan fingerprint density at radius 3 is 2.26 bits per heavy atom. The maximum absolute atomic E-state index is 12.0. The first-order valence-electron chi connectivity index (χ1n) is 7.53. The Labute approximate surface area is 116 Å². The minimum absolute atomic E-state index is 0.106. The van der Waals surface area contributed by atoms with Gasteiger partial charge in [-0.2, -0.15) is 0 Å². The van der Waals surface area contributed by atoms with Gasteiger partial charge in [-0.15, -0.1) is 0 Å². The molecule has 1 atom stereocenters. The van der Waals surface area contributed by atoms with Gasteiger partial charge in [0.05, 0.1) is 5.41 Å². The van der Waals surface area contributed by atoms with Crippen molar-refractivity contribution in [2.75, 3.05) is 0 Å². The standard InChI is InChI=1S/C15H27NO3/c1-3-8-12(2)16-13(17)11-15(14(18)19)9-6-4-5-7-10-15/h12H,3-11H2,1-2H3,(H,16,17)(H,18,19). The second kappa shape index (κ2) is 7.51. The lowest BCUT2D eigenvalue weighted by atomic mass is 9.77. The van der Waals surface area contributed by atoms with Crippen molar-refractivity contribution in [3.8, 4) is 0 Å². The van der Waals surface area contributed by atoms with Crippen molar-refractivity contribution in [2.24, 2.45) is 5.41 Å². The first-order chi connectivity index (χ1) is 9.00. The van der Waals surface area contributed by atoms with Crippen molar-refractivity contribution in [1.29, 1.82) is 0 Å². The number of hydrogen-bond donors (Lipinski definition) is 2. The number of carboxylic acids is 1. The molecule has 1 rings (SSSR count). The molecule has 0 aromatic heterocycles. The molecule has 1 aliphatic carbocycles. The fourth-order valence-corrected chi connectivity index (χ4v) is 3.01. The zero-order valence-electron chi connectivity index (χ0n) is 12.2. The Bertz CT molecular complexity index is 307. The second-order valence-electron chi connectivity index (χ2n) is 5.93. The highest BCUT2D eigenvalue weighted by Crippen LogP contribution is 2.38. The smallest absolute Gasteiger partial charge is 0.310 e. The van der Waals surface area contributed by atoms with Gasteiger partial charge in [0.1, 0.15) is 0 Å². The molecule has 0 aromatic carbocycles. The normalized spacial score (nSPS) is 20.3. The van der Waals surface area contributed by atoms with Crippen molar-refractivity contribution in [1.82, 2.24) is 5.32 Å². The van der Waals surface area contributed by atoms with Crippen LogP contribution in [-0.2, 0) is 9.59 Å². The van der Waals surface area contributed by atoms with E-state index in [4.69, 9.17) is 0 Å². The largest absolute Gasteiger partial charge is 0.481 e. The number of hydrogen-bond acceptors (Lipinski definition) is 2. The summed E-state index contributed by atoms with van der Waals surface area (Å²) in [5.41, 5.74) is -0.827. The zero-order chi connectivity index (χ0) is 14.3. The van der Waals surface area contributed by atoms with Gasteiger partial charge in [0.25, 0.3) is 0 Å². The summed E-state index contributed by atoms with van der Waals surface area (Å²) in [5, 5.41) is 12.4. The Morgan fingerprint density at radius 1 is 1.21 bits per heavy atom. The van der Waals surface area contributed by atoms with Crippen LogP contribution < -0.4 is 5.32 Å². The molecule has 0 bridgehead atoms. The summed E-state index contributed by atoms with van der Waals surface area (Å²) in [5.74, 6) is -0.905. The summed E-state index contributed by atoms with van der Waals surface area (Å²) in [6.45, 7) is 4.05. The molecular weight excluding hydrogens is 242 g/mol. The van der Waals surface area contributed by atoms with Gasteiger partial charge in [-0.3, -0.25) is 9.59 Å². The van der Waals surface area contributed by atoms with E-state index < -0.39 is 11.4 Å². The van der Waals surface area contributed by atoms with E-state index >= 15 is 0 Å². The Morgan fingerprint density at radius 2 is 1.79 bits per heavy atom. The molecule has 110 valence electrons. The molecule has 0 aliphatic heterocycles. The van der Waals surface area contributed by atoms with Gasteiger partial charge in [-0.05, 0) is 26.2 Å². The van der Waals surface area contributed by atoms with Crippen LogP contribution in [-0.4, -0.2) is 23.0 Å². The average molecular weight is 269 g/mol. The van der Waals surface area contributed by atoms with E-state index in [1.54, 1.807) is 0 Å². The molecule has 0 saturated heterocycles. The third-order valence-electron chi connectivity index (χ3n) is 4.14. The molecule has 0 heterocycles. The second-order valence-corrected chi connectivity index (χ2v) is 5.93. The average Bonchev–Trinajstić information content (AvgIpc) is 2.55. The van der Waals surface area contributed by atoms with E-state index in [2.05, 4.69) is 12.2 Å². The molecule has 1 aliphatic rings. The molecule has 0 radical (unpaired) electrons. The van der Waals surface area contributed by atoms with Gasteiger partial charge < -0.3 is 10.4 Å². The predicted octanol–water partition coefficient (Wildman–Crippen LogP) is 3.11. The lowest BCUT2D eigenvalue weighted by Gasteiger charge is -2.28. The SMILES string of the molecule is CCCC(C)NC(=O)CC1(C(=O)O)CCCCCC1. The van der Waals surface area contributed by atoms with Crippen molar-refractivity contribution in [2.45, 2.75) is 77.7 Å². The summed E-state index contributed by atoms with van der Waals surface area (Å²) in [7, 11) is 0. The van der Waals surface area contributed by atoms with E-state index in [0.717, 1.165) is 38.5 Å². The van der Waals surface area contributed by atoms with Crippen LogP contribution >= 0.6 is 0 Å².